The number of rotatable bonds is 5. The van der Waals surface area contributed by atoms with Gasteiger partial charge in [-0.3, -0.25) is 14.2 Å². The zero-order valence-electron chi connectivity index (χ0n) is 14.9. The largest absolute Gasteiger partial charge is 0.462 e. The molecule has 0 aromatic carbocycles. The lowest BCUT2D eigenvalue weighted by atomic mass is 9.89. The van der Waals surface area contributed by atoms with Crippen molar-refractivity contribution < 1.29 is 19.1 Å². The van der Waals surface area contributed by atoms with Gasteiger partial charge < -0.3 is 9.47 Å². The van der Waals surface area contributed by atoms with Gasteiger partial charge in [0.15, 0.2) is 0 Å². The third kappa shape index (κ3) is 3.95. The molecule has 8 heteroatoms. The normalized spacial score (nSPS) is 20.1. The third-order valence-corrected chi connectivity index (χ3v) is 5.50. The van der Waals surface area contributed by atoms with Gasteiger partial charge in [0.1, 0.15) is 17.5 Å². The molecule has 0 spiro atoms. The zero-order valence-corrected chi connectivity index (χ0v) is 15.7. The SMILES string of the molecule is CCOC(=O)c1csc2ncn(CC(=O)OC3CCC(C)CC3)c(=O)c12. The number of fused-ring (bicyclic) bond motifs is 1. The first-order chi connectivity index (χ1) is 12.5. The van der Waals surface area contributed by atoms with E-state index in [4.69, 9.17) is 9.47 Å². The van der Waals surface area contributed by atoms with Gasteiger partial charge in [0.25, 0.3) is 5.56 Å². The van der Waals surface area contributed by atoms with Crippen LogP contribution in [-0.4, -0.2) is 34.2 Å². The van der Waals surface area contributed by atoms with Crippen molar-refractivity contribution in [3.05, 3.63) is 27.6 Å². The van der Waals surface area contributed by atoms with Crippen LogP contribution in [0.25, 0.3) is 10.2 Å². The predicted octanol–water partition coefficient (Wildman–Crippen LogP) is 2.76. The van der Waals surface area contributed by atoms with Crippen LogP contribution >= 0.6 is 11.3 Å². The second-order valence-electron chi connectivity index (χ2n) is 6.60. The summed E-state index contributed by atoms with van der Waals surface area (Å²) in [4.78, 5) is 41.6. The van der Waals surface area contributed by atoms with Crippen LogP contribution in [0.1, 0.15) is 49.9 Å². The smallest absolute Gasteiger partial charge is 0.339 e. The molecule has 26 heavy (non-hydrogen) atoms. The maximum absolute atomic E-state index is 12.7. The fourth-order valence-electron chi connectivity index (χ4n) is 3.15. The summed E-state index contributed by atoms with van der Waals surface area (Å²) in [6, 6.07) is 0. The van der Waals surface area contributed by atoms with E-state index in [9.17, 15) is 14.4 Å². The zero-order chi connectivity index (χ0) is 18.7. The van der Waals surface area contributed by atoms with Crippen LogP contribution < -0.4 is 5.56 Å². The Hall–Kier alpha value is -2.22. The van der Waals surface area contributed by atoms with E-state index < -0.39 is 17.5 Å². The molecule has 2 heterocycles. The fraction of sp³-hybridized carbons (Fsp3) is 0.556. The van der Waals surface area contributed by atoms with Crippen LogP contribution in [0, 0.1) is 5.92 Å². The first-order valence-corrected chi connectivity index (χ1v) is 9.70. The summed E-state index contributed by atoms with van der Waals surface area (Å²) < 4.78 is 11.7. The molecule has 0 bridgehead atoms. The van der Waals surface area contributed by atoms with Gasteiger partial charge in [0, 0.05) is 5.38 Å². The standard InChI is InChI=1S/C18H22N2O5S/c1-3-24-18(23)13-9-26-16-15(13)17(22)20(10-19-16)8-14(21)25-12-6-4-11(2)5-7-12/h9-12H,3-8H2,1-2H3. The minimum absolute atomic E-state index is 0.0812. The van der Waals surface area contributed by atoms with Crippen LogP contribution in [-0.2, 0) is 20.8 Å². The van der Waals surface area contributed by atoms with E-state index in [0.717, 1.165) is 25.7 Å². The number of esters is 2. The van der Waals surface area contributed by atoms with E-state index in [0.29, 0.717) is 10.7 Å². The van der Waals surface area contributed by atoms with E-state index in [1.165, 1.54) is 22.2 Å². The highest BCUT2D eigenvalue weighted by Gasteiger charge is 2.23. The summed E-state index contributed by atoms with van der Waals surface area (Å²) in [5.74, 6) is -0.353. The molecule has 2 aromatic heterocycles. The summed E-state index contributed by atoms with van der Waals surface area (Å²) in [5.41, 5.74) is -0.248. The molecule has 0 unspecified atom stereocenters. The van der Waals surface area contributed by atoms with Crippen molar-refractivity contribution in [3.63, 3.8) is 0 Å². The van der Waals surface area contributed by atoms with E-state index in [1.54, 1.807) is 12.3 Å². The van der Waals surface area contributed by atoms with Crippen LogP contribution in [0.4, 0.5) is 0 Å². The molecule has 1 aliphatic rings. The molecule has 1 fully saturated rings. The summed E-state index contributed by atoms with van der Waals surface area (Å²) >= 11 is 1.20. The minimum Gasteiger partial charge on any atom is -0.462 e. The number of carbonyl (C=O) groups is 2. The molecule has 0 radical (unpaired) electrons. The molecule has 0 atom stereocenters. The second kappa shape index (κ2) is 7.99. The van der Waals surface area contributed by atoms with Crippen LogP contribution in [0.2, 0.25) is 0 Å². The average Bonchev–Trinajstić information content (AvgIpc) is 3.05. The minimum atomic E-state index is -0.561. The molecule has 7 nitrogen and oxygen atoms in total. The molecule has 0 N–H and O–H groups in total. The van der Waals surface area contributed by atoms with Crippen LogP contribution in [0.15, 0.2) is 16.5 Å². The fourth-order valence-corrected chi connectivity index (χ4v) is 4.02. The number of hydrogen-bond acceptors (Lipinski definition) is 7. The number of aromatic nitrogens is 2. The number of ether oxygens (including phenoxy) is 2. The van der Waals surface area contributed by atoms with Gasteiger partial charge >= 0.3 is 11.9 Å². The number of hydrogen-bond donors (Lipinski definition) is 0. The van der Waals surface area contributed by atoms with Crippen molar-refractivity contribution >= 4 is 33.5 Å². The number of carbonyl (C=O) groups excluding carboxylic acids is 2. The second-order valence-corrected chi connectivity index (χ2v) is 7.46. The quantitative estimate of drug-likeness (QED) is 0.744. The monoisotopic (exact) mass is 378 g/mol. The molecule has 0 aliphatic heterocycles. The summed E-state index contributed by atoms with van der Waals surface area (Å²) in [6.45, 7) is 3.90. The highest BCUT2D eigenvalue weighted by molar-refractivity contribution is 7.17. The third-order valence-electron chi connectivity index (χ3n) is 4.62. The topological polar surface area (TPSA) is 87.5 Å². The predicted molar refractivity (Wildman–Crippen MR) is 97.3 cm³/mol. The Balaban J connectivity index is 1.76. The Kier molecular flexibility index (Phi) is 5.70. The molecule has 2 aromatic rings. The Morgan fingerprint density at radius 3 is 2.73 bits per heavy atom. The van der Waals surface area contributed by atoms with Crippen LogP contribution in [0.5, 0.6) is 0 Å². The van der Waals surface area contributed by atoms with Crippen molar-refractivity contribution in [1.29, 1.82) is 0 Å². The molecule has 0 saturated heterocycles. The van der Waals surface area contributed by atoms with Gasteiger partial charge in [-0.15, -0.1) is 11.3 Å². The Morgan fingerprint density at radius 2 is 2.04 bits per heavy atom. The van der Waals surface area contributed by atoms with E-state index in [-0.39, 0.29) is 30.2 Å². The number of nitrogens with zero attached hydrogens (tertiary/aromatic N) is 2. The first-order valence-electron chi connectivity index (χ1n) is 8.82. The van der Waals surface area contributed by atoms with Gasteiger partial charge in [-0.1, -0.05) is 6.92 Å². The van der Waals surface area contributed by atoms with Crippen LogP contribution in [0.3, 0.4) is 0 Å². The molecule has 1 aliphatic carbocycles. The highest BCUT2D eigenvalue weighted by Crippen LogP contribution is 2.26. The molecular weight excluding hydrogens is 356 g/mol. The number of thiophene rings is 1. The molecule has 140 valence electrons. The van der Waals surface area contributed by atoms with Gasteiger partial charge in [-0.2, -0.15) is 0 Å². The van der Waals surface area contributed by atoms with E-state index in [2.05, 4.69) is 11.9 Å². The van der Waals surface area contributed by atoms with Crippen molar-refractivity contribution in [1.82, 2.24) is 9.55 Å². The summed E-state index contributed by atoms with van der Waals surface area (Å²) in [7, 11) is 0. The molecular formula is C18H22N2O5S. The Labute approximate surface area is 154 Å². The molecule has 0 amide bonds. The molecule has 3 rings (SSSR count). The summed E-state index contributed by atoms with van der Waals surface area (Å²) in [5, 5.41) is 1.75. The van der Waals surface area contributed by atoms with Gasteiger partial charge in [-0.25, -0.2) is 9.78 Å². The maximum Gasteiger partial charge on any atom is 0.339 e. The lowest BCUT2D eigenvalue weighted by Crippen LogP contribution is -2.30. The Bertz CT molecular complexity index is 864. The average molecular weight is 378 g/mol. The first kappa shape index (κ1) is 18.6. The van der Waals surface area contributed by atoms with Gasteiger partial charge in [0.2, 0.25) is 0 Å². The summed E-state index contributed by atoms with van der Waals surface area (Å²) in [6.07, 6.45) is 5.04. The highest BCUT2D eigenvalue weighted by atomic mass is 32.1. The van der Waals surface area contributed by atoms with E-state index in [1.807, 2.05) is 0 Å². The van der Waals surface area contributed by atoms with E-state index >= 15 is 0 Å². The maximum atomic E-state index is 12.7. The molecule has 1 saturated carbocycles. The van der Waals surface area contributed by atoms with Crippen molar-refractivity contribution in [3.8, 4) is 0 Å². The van der Waals surface area contributed by atoms with Gasteiger partial charge in [-0.05, 0) is 38.5 Å². The lowest BCUT2D eigenvalue weighted by Gasteiger charge is -2.26. The van der Waals surface area contributed by atoms with Gasteiger partial charge in [0.05, 0.1) is 23.9 Å². The lowest BCUT2D eigenvalue weighted by molar-refractivity contribution is -0.151. The van der Waals surface area contributed by atoms with Crippen molar-refractivity contribution in [2.24, 2.45) is 5.92 Å². The Morgan fingerprint density at radius 1 is 1.31 bits per heavy atom. The van der Waals surface area contributed by atoms with Crippen molar-refractivity contribution in [2.75, 3.05) is 6.61 Å². The van der Waals surface area contributed by atoms with Crippen molar-refractivity contribution in [2.45, 2.75) is 52.2 Å².